The van der Waals surface area contributed by atoms with Crippen LogP contribution in [-0.4, -0.2) is 106 Å². The summed E-state index contributed by atoms with van der Waals surface area (Å²) in [6, 6.07) is 6.57. The van der Waals surface area contributed by atoms with E-state index in [1.165, 1.54) is 12.1 Å². The number of nitrogens with zero attached hydrogens (tertiary/aromatic N) is 5. The van der Waals surface area contributed by atoms with Gasteiger partial charge in [0, 0.05) is 42.8 Å². The molecule has 3 heterocycles. The van der Waals surface area contributed by atoms with Gasteiger partial charge >= 0.3 is 0 Å². The van der Waals surface area contributed by atoms with Gasteiger partial charge in [0.2, 0.25) is 6.41 Å². The molecule has 1 aliphatic carbocycles. The topological polar surface area (TPSA) is 169 Å². The number of rotatable bonds is 5. The number of amides is 1. The first-order valence-corrected chi connectivity index (χ1v) is 13.5. The molecule has 2 fully saturated rings. The van der Waals surface area contributed by atoms with Gasteiger partial charge in [0.25, 0.3) is 0 Å². The summed E-state index contributed by atoms with van der Waals surface area (Å²) in [4.78, 5) is 16.6. The van der Waals surface area contributed by atoms with Crippen LogP contribution in [0.4, 0.5) is 10.2 Å². The lowest BCUT2D eigenvalue weighted by Crippen LogP contribution is -2.46. The third kappa shape index (κ3) is 8.92. The number of nitriles is 1. The molecule has 1 aliphatic heterocycles. The summed E-state index contributed by atoms with van der Waals surface area (Å²) in [7, 11) is 11.0. The predicted octanol–water partition coefficient (Wildman–Crippen LogP) is 1.13. The third-order valence-corrected chi connectivity index (χ3v) is 6.91. The van der Waals surface area contributed by atoms with E-state index in [4.69, 9.17) is 29.7 Å². The van der Waals surface area contributed by atoms with E-state index in [-0.39, 0.29) is 9.94 Å². The monoisotopic (exact) mass is 561 g/mol. The van der Waals surface area contributed by atoms with E-state index in [9.17, 15) is 17.9 Å². The van der Waals surface area contributed by atoms with Crippen molar-refractivity contribution in [1.29, 1.82) is 16.1 Å². The zero-order chi connectivity index (χ0) is 28.6. The number of piperazine rings is 1. The molecule has 0 bridgehead atoms. The fourth-order valence-corrected chi connectivity index (χ4v) is 4.25. The van der Waals surface area contributed by atoms with Crippen molar-refractivity contribution >= 4 is 58.5 Å². The highest BCUT2D eigenvalue weighted by atomic mass is 32.2. The van der Waals surface area contributed by atoms with Crippen LogP contribution in [0.1, 0.15) is 18.4 Å². The molecule has 2 aromatic heterocycles. The SMILES string of the molecule is CN(C)C.N#CC1(N)CC1.[B]C(F)C(=N)SC(=N)c1ccn2c(N3CCN(C=O)CC3)cc(S(=O)[O-])cc12. The summed E-state index contributed by atoms with van der Waals surface area (Å²) in [6.07, 6.45) is 2.28. The molecule has 38 heavy (non-hydrogen) atoms. The first-order valence-electron chi connectivity index (χ1n) is 11.6. The van der Waals surface area contributed by atoms with Crippen molar-refractivity contribution in [2.75, 3.05) is 52.2 Å². The molecule has 11 nitrogen and oxygen atoms in total. The second-order valence-electron chi connectivity index (χ2n) is 9.20. The van der Waals surface area contributed by atoms with Gasteiger partial charge in [0.05, 0.1) is 16.6 Å². The number of halogens is 1. The number of thioether (sulfide) groups is 1. The number of nitrogens with two attached hydrogens (primary N) is 1. The maximum atomic E-state index is 13.1. The molecule has 2 radical (unpaired) electrons. The number of fused-ring (bicyclic) bond motifs is 1. The van der Waals surface area contributed by atoms with Crippen LogP contribution < -0.4 is 10.6 Å². The van der Waals surface area contributed by atoms with Crippen molar-refractivity contribution in [3.8, 4) is 6.07 Å². The Morgan fingerprint density at radius 2 is 1.89 bits per heavy atom. The van der Waals surface area contributed by atoms with E-state index >= 15 is 0 Å². The normalized spacial score (nSPS) is 17.3. The first kappa shape index (κ1) is 31.5. The number of hydrogen-bond acceptors (Lipinski definition) is 10. The van der Waals surface area contributed by atoms with E-state index in [0.717, 1.165) is 19.3 Å². The van der Waals surface area contributed by atoms with E-state index in [0.29, 0.717) is 54.8 Å². The Morgan fingerprint density at radius 3 is 2.32 bits per heavy atom. The van der Waals surface area contributed by atoms with Gasteiger partial charge in [-0.2, -0.15) is 5.26 Å². The lowest BCUT2D eigenvalue weighted by Gasteiger charge is -2.34. The standard InChI is InChI=1S/C16H17BFN5O3S2.C4H6N2.C3H9N/c17-14(18)16(20)27-15(19)11-1-2-23-12(11)7-10(28(25)26)8-13(23)22-5-3-21(9-24)4-6-22;5-3-4(6)1-2-4;1-4(2)3/h1-2,7-9,14,19-20H,3-6H2,(H,25,26);1-2,6H2;1-3H3/p-1. The average Bonchev–Trinajstić information content (AvgIpc) is 3.46. The summed E-state index contributed by atoms with van der Waals surface area (Å²) in [5.74, 6) is 0.614. The molecular formula is C23H31BFN8O3S2-. The second-order valence-corrected chi connectivity index (χ2v) is 11.2. The first-order chi connectivity index (χ1) is 17.8. The molecule has 2 atom stereocenters. The van der Waals surface area contributed by atoms with Gasteiger partial charge in [-0.1, -0.05) is 11.8 Å². The molecule has 2 unspecified atom stereocenters. The maximum Gasteiger partial charge on any atom is 0.209 e. The van der Waals surface area contributed by atoms with Crippen molar-refractivity contribution in [3.05, 3.63) is 30.0 Å². The van der Waals surface area contributed by atoms with Crippen molar-refractivity contribution in [3.63, 3.8) is 0 Å². The van der Waals surface area contributed by atoms with Crippen LogP contribution in [0.3, 0.4) is 0 Å². The Kier molecular flexibility index (Phi) is 11.5. The maximum absolute atomic E-state index is 13.1. The van der Waals surface area contributed by atoms with Gasteiger partial charge in [-0.15, -0.1) is 0 Å². The highest BCUT2D eigenvalue weighted by molar-refractivity contribution is 8.27. The minimum Gasteiger partial charge on any atom is -0.768 e. The summed E-state index contributed by atoms with van der Waals surface area (Å²) < 4.78 is 38.0. The Hall–Kier alpha value is -2.77. The van der Waals surface area contributed by atoms with E-state index in [1.807, 2.05) is 37.0 Å². The Morgan fingerprint density at radius 1 is 1.32 bits per heavy atom. The van der Waals surface area contributed by atoms with E-state index in [1.54, 1.807) is 21.6 Å². The Balaban J connectivity index is 0.000000426. The number of pyridine rings is 1. The summed E-state index contributed by atoms with van der Waals surface area (Å²) in [6.45, 7) is 2.09. The summed E-state index contributed by atoms with van der Waals surface area (Å²) in [5, 5.41) is 23.2. The van der Waals surface area contributed by atoms with Crippen LogP contribution in [-0.2, 0) is 15.9 Å². The summed E-state index contributed by atoms with van der Waals surface area (Å²) in [5.41, 5.74) is 5.70. The van der Waals surface area contributed by atoms with Crippen LogP contribution in [0.5, 0.6) is 0 Å². The molecule has 4 rings (SSSR count). The molecule has 2 aromatic rings. The number of carbonyl (C=O) groups is 1. The van der Waals surface area contributed by atoms with Crippen LogP contribution in [0, 0.1) is 22.1 Å². The van der Waals surface area contributed by atoms with Gasteiger partial charge in [0.1, 0.15) is 30.3 Å². The smallest absolute Gasteiger partial charge is 0.209 e. The number of hydrogen-bond donors (Lipinski definition) is 3. The van der Waals surface area contributed by atoms with Crippen molar-refractivity contribution in [2.24, 2.45) is 5.73 Å². The van der Waals surface area contributed by atoms with E-state index < -0.39 is 27.7 Å². The predicted molar refractivity (Wildman–Crippen MR) is 149 cm³/mol. The molecule has 4 N–H and O–H groups in total. The third-order valence-electron chi connectivity index (χ3n) is 5.42. The summed E-state index contributed by atoms with van der Waals surface area (Å²) >= 11 is -1.91. The Bertz CT molecular complexity index is 1220. The molecular weight excluding hydrogens is 530 g/mol. The van der Waals surface area contributed by atoms with Gasteiger partial charge in [-0.05, 0) is 63.3 Å². The van der Waals surface area contributed by atoms with Gasteiger partial charge in [0.15, 0.2) is 0 Å². The van der Waals surface area contributed by atoms with Crippen LogP contribution in [0.25, 0.3) is 5.52 Å². The molecule has 15 heteroatoms. The van der Waals surface area contributed by atoms with Crippen molar-refractivity contribution in [2.45, 2.75) is 29.3 Å². The van der Waals surface area contributed by atoms with Crippen LogP contribution in [0.2, 0.25) is 0 Å². The van der Waals surface area contributed by atoms with Crippen molar-refractivity contribution < 1.29 is 17.9 Å². The highest BCUT2D eigenvalue weighted by Gasteiger charge is 2.38. The average molecular weight is 561 g/mol. The largest absolute Gasteiger partial charge is 0.768 e. The van der Waals surface area contributed by atoms with Gasteiger partial charge in [-0.25, -0.2) is 0 Å². The number of nitrogens with one attached hydrogen (secondary N) is 2. The Labute approximate surface area is 229 Å². The fraction of sp³-hybridized carbons (Fsp3) is 0.478. The second kappa shape index (κ2) is 13.9. The fourth-order valence-electron chi connectivity index (χ4n) is 3.22. The minimum atomic E-state index is -2.49. The van der Waals surface area contributed by atoms with Crippen LogP contribution >= 0.6 is 11.8 Å². The van der Waals surface area contributed by atoms with Crippen LogP contribution in [0.15, 0.2) is 29.3 Å². The minimum absolute atomic E-state index is 0.0512. The van der Waals surface area contributed by atoms with Gasteiger partial charge < -0.3 is 29.4 Å². The molecule has 0 aromatic carbocycles. The molecule has 1 amide bonds. The zero-order valence-electron chi connectivity index (χ0n) is 21.5. The van der Waals surface area contributed by atoms with Crippen molar-refractivity contribution in [1.82, 2.24) is 14.2 Å². The molecule has 1 saturated carbocycles. The van der Waals surface area contributed by atoms with E-state index in [2.05, 4.69) is 0 Å². The molecule has 0 spiro atoms. The molecule has 1 saturated heterocycles. The molecule has 2 aliphatic rings. The van der Waals surface area contributed by atoms with Gasteiger partial charge in [-0.3, -0.25) is 24.2 Å². The lowest BCUT2D eigenvalue weighted by atomic mass is 10.0. The highest BCUT2D eigenvalue weighted by Crippen LogP contribution is 2.30. The number of alkyl halides is 1. The number of carbonyl (C=O) groups excluding carboxylic acids is 1. The number of anilines is 1. The quantitative estimate of drug-likeness (QED) is 0.161. The molecule has 204 valence electrons. The zero-order valence-corrected chi connectivity index (χ0v) is 23.1. The lowest BCUT2D eigenvalue weighted by molar-refractivity contribution is -0.118. The number of aromatic nitrogens is 1.